The molecule has 0 saturated carbocycles. The third kappa shape index (κ3) is 4.36. The lowest BCUT2D eigenvalue weighted by atomic mass is 10.2. The van der Waals surface area contributed by atoms with Crippen LogP contribution in [0.5, 0.6) is 5.75 Å². The van der Waals surface area contributed by atoms with Crippen LogP contribution in [0.4, 0.5) is 0 Å². The first-order valence-corrected chi connectivity index (χ1v) is 6.35. The third-order valence-electron chi connectivity index (χ3n) is 2.95. The minimum atomic E-state index is -0.376. The van der Waals surface area contributed by atoms with Crippen molar-refractivity contribution in [3.05, 3.63) is 42.0 Å². The third-order valence-corrected chi connectivity index (χ3v) is 2.95. The fourth-order valence-electron chi connectivity index (χ4n) is 1.72. The fourth-order valence-corrected chi connectivity index (χ4v) is 1.72. The maximum atomic E-state index is 10.9. The Kier molecular flexibility index (Phi) is 5.15. The Hall–Kier alpha value is -1.85. The van der Waals surface area contributed by atoms with E-state index >= 15 is 0 Å². The molecule has 20 heavy (non-hydrogen) atoms. The molecular formula is C15H18O5. The van der Waals surface area contributed by atoms with Gasteiger partial charge in [-0.2, -0.15) is 0 Å². The van der Waals surface area contributed by atoms with Gasteiger partial charge in [-0.25, -0.2) is 4.79 Å². The Morgan fingerprint density at radius 2 is 2.05 bits per heavy atom. The van der Waals surface area contributed by atoms with Gasteiger partial charge in [0.1, 0.15) is 18.0 Å². The number of ether oxygens (including phenoxy) is 4. The van der Waals surface area contributed by atoms with Crippen molar-refractivity contribution in [3.63, 3.8) is 0 Å². The van der Waals surface area contributed by atoms with E-state index in [1.54, 1.807) is 13.2 Å². The highest BCUT2D eigenvalue weighted by molar-refractivity contribution is 5.81. The number of methoxy groups -OCH3 is 2. The Morgan fingerprint density at radius 1 is 1.30 bits per heavy atom. The molecule has 1 aliphatic heterocycles. The summed E-state index contributed by atoms with van der Waals surface area (Å²) in [5, 5.41) is 0. The summed E-state index contributed by atoms with van der Waals surface area (Å²) in [5.41, 5.74) is 1.08. The minimum absolute atomic E-state index is 0.0224. The summed E-state index contributed by atoms with van der Waals surface area (Å²) in [6.45, 7) is 1.03. The van der Waals surface area contributed by atoms with Gasteiger partial charge in [-0.3, -0.25) is 0 Å². The summed E-state index contributed by atoms with van der Waals surface area (Å²) in [7, 11) is 2.98. The van der Waals surface area contributed by atoms with Crippen LogP contribution < -0.4 is 4.74 Å². The Balaban J connectivity index is 1.65. The average molecular weight is 278 g/mol. The molecule has 5 heteroatoms. The van der Waals surface area contributed by atoms with Crippen LogP contribution in [0.3, 0.4) is 0 Å². The zero-order valence-corrected chi connectivity index (χ0v) is 11.6. The van der Waals surface area contributed by atoms with Gasteiger partial charge in [-0.1, -0.05) is 12.1 Å². The summed E-state index contributed by atoms with van der Waals surface area (Å²) >= 11 is 0. The van der Waals surface area contributed by atoms with Crippen molar-refractivity contribution >= 4 is 5.97 Å². The molecule has 108 valence electrons. The van der Waals surface area contributed by atoms with Crippen molar-refractivity contribution in [3.8, 4) is 5.75 Å². The highest BCUT2D eigenvalue weighted by Gasteiger charge is 2.36. The van der Waals surface area contributed by atoms with Gasteiger partial charge in [0.2, 0.25) is 0 Å². The first-order chi connectivity index (χ1) is 9.72. The molecule has 0 N–H and O–H groups in total. The second kappa shape index (κ2) is 7.07. The quantitative estimate of drug-likeness (QED) is 0.432. The van der Waals surface area contributed by atoms with Crippen LogP contribution in [0.1, 0.15) is 5.56 Å². The SMILES string of the molecule is COC(=O)/C=C/[C@@H]1O[C@@H]1COCc1ccc(OC)cc1. The maximum absolute atomic E-state index is 10.9. The largest absolute Gasteiger partial charge is 0.497 e. The maximum Gasteiger partial charge on any atom is 0.330 e. The number of epoxide rings is 1. The molecule has 0 unspecified atom stereocenters. The molecule has 0 aliphatic carbocycles. The number of carbonyl (C=O) groups excluding carboxylic acids is 1. The number of benzene rings is 1. The summed E-state index contributed by atoms with van der Waals surface area (Å²) in [4.78, 5) is 10.9. The van der Waals surface area contributed by atoms with Crippen LogP contribution in [-0.4, -0.2) is 39.0 Å². The Bertz CT molecular complexity index is 466. The zero-order chi connectivity index (χ0) is 14.4. The van der Waals surface area contributed by atoms with Crippen molar-refractivity contribution in [2.24, 2.45) is 0 Å². The van der Waals surface area contributed by atoms with Crippen LogP contribution in [0.25, 0.3) is 0 Å². The van der Waals surface area contributed by atoms with Gasteiger partial charge in [-0.05, 0) is 23.8 Å². The first-order valence-electron chi connectivity index (χ1n) is 6.35. The summed E-state index contributed by atoms with van der Waals surface area (Å²) in [5.74, 6) is 0.450. The molecule has 0 aromatic heterocycles. The number of hydrogen-bond donors (Lipinski definition) is 0. The molecule has 5 nitrogen and oxygen atoms in total. The smallest absolute Gasteiger partial charge is 0.330 e. The van der Waals surface area contributed by atoms with Crippen LogP contribution in [0, 0.1) is 0 Å². The first kappa shape index (κ1) is 14.6. The van der Waals surface area contributed by atoms with E-state index in [2.05, 4.69) is 4.74 Å². The molecule has 1 aromatic rings. The molecule has 2 atom stereocenters. The van der Waals surface area contributed by atoms with E-state index in [1.165, 1.54) is 13.2 Å². The molecule has 2 rings (SSSR count). The van der Waals surface area contributed by atoms with Gasteiger partial charge in [0.05, 0.1) is 27.4 Å². The van der Waals surface area contributed by atoms with Crippen LogP contribution in [0.2, 0.25) is 0 Å². The van der Waals surface area contributed by atoms with Gasteiger partial charge < -0.3 is 18.9 Å². The lowest BCUT2D eigenvalue weighted by molar-refractivity contribution is -0.134. The van der Waals surface area contributed by atoms with E-state index < -0.39 is 0 Å². The molecule has 1 aromatic carbocycles. The fraction of sp³-hybridized carbons (Fsp3) is 0.400. The van der Waals surface area contributed by atoms with E-state index in [0.717, 1.165) is 11.3 Å². The highest BCUT2D eigenvalue weighted by atomic mass is 16.6. The topological polar surface area (TPSA) is 57.3 Å². The zero-order valence-electron chi connectivity index (χ0n) is 11.6. The lowest BCUT2D eigenvalue weighted by Crippen LogP contribution is -2.04. The summed E-state index contributed by atoms with van der Waals surface area (Å²) in [6, 6.07) is 7.71. The second-order valence-corrected chi connectivity index (χ2v) is 4.38. The van der Waals surface area contributed by atoms with Gasteiger partial charge >= 0.3 is 5.97 Å². The number of carbonyl (C=O) groups is 1. The van der Waals surface area contributed by atoms with E-state index in [4.69, 9.17) is 14.2 Å². The van der Waals surface area contributed by atoms with Gasteiger partial charge in [0, 0.05) is 6.08 Å². The molecule has 0 bridgehead atoms. The predicted octanol–water partition coefficient (Wildman–Crippen LogP) is 1.71. The van der Waals surface area contributed by atoms with E-state index in [9.17, 15) is 4.79 Å². The lowest BCUT2D eigenvalue weighted by Gasteiger charge is -2.04. The molecule has 1 saturated heterocycles. The van der Waals surface area contributed by atoms with Crippen molar-refractivity contribution < 1.29 is 23.7 Å². The van der Waals surface area contributed by atoms with Gasteiger partial charge in [0.25, 0.3) is 0 Å². The van der Waals surface area contributed by atoms with Crippen molar-refractivity contribution in [1.29, 1.82) is 0 Å². The molecule has 1 aliphatic rings. The monoisotopic (exact) mass is 278 g/mol. The normalized spacial score (nSPS) is 20.9. The van der Waals surface area contributed by atoms with E-state index in [-0.39, 0.29) is 18.2 Å². The van der Waals surface area contributed by atoms with Crippen molar-refractivity contribution in [2.45, 2.75) is 18.8 Å². The van der Waals surface area contributed by atoms with E-state index in [0.29, 0.717) is 13.2 Å². The molecule has 1 heterocycles. The molecular weight excluding hydrogens is 260 g/mol. The van der Waals surface area contributed by atoms with Crippen LogP contribution in [-0.2, 0) is 25.6 Å². The molecule has 1 fully saturated rings. The Labute approximate surface area is 118 Å². The number of rotatable bonds is 7. The average Bonchev–Trinajstić information content (AvgIpc) is 3.24. The number of hydrogen-bond acceptors (Lipinski definition) is 5. The van der Waals surface area contributed by atoms with Crippen LogP contribution in [0.15, 0.2) is 36.4 Å². The number of esters is 1. The molecule has 0 radical (unpaired) electrons. The summed E-state index contributed by atoms with van der Waals surface area (Å²) < 4.78 is 20.5. The Morgan fingerprint density at radius 3 is 2.70 bits per heavy atom. The van der Waals surface area contributed by atoms with Gasteiger partial charge in [-0.15, -0.1) is 0 Å². The van der Waals surface area contributed by atoms with Crippen molar-refractivity contribution in [1.82, 2.24) is 0 Å². The molecule has 0 spiro atoms. The highest BCUT2D eigenvalue weighted by Crippen LogP contribution is 2.24. The standard InChI is InChI=1S/C15H18O5/c1-17-12-5-3-11(4-6-12)9-19-10-14-13(20-14)7-8-15(16)18-2/h3-8,13-14H,9-10H2,1-2H3/b8-7+/t13-,14+/m0/s1. The summed E-state index contributed by atoms with van der Waals surface area (Å²) in [6.07, 6.45) is 3.03. The van der Waals surface area contributed by atoms with Crippen molar-refractivity contribution in [2.75, 3.05) is 20.8 Å². The predicted molar refractivity (Wildman–Crippen MR) is 72.5 cm³/mol. The van der Waals surface area contributed by atoms with Crippen LogP contribution >= 0.6 is 0 Å². The van der Waals surface area contributed by atoms with Gasteiger partial charge in [0.15, 0.2) is 0 Å². The minimum Gasteiger partial charge on any atom is -0.497 e. The molecule has 0 amide bonds. The van der Waals surface area contributed by atoms with E-state index in [1.807, 2.05) is 24.3 Å². The second-order valence-electron chi connectivity index (χ2n) is 4.38.